The predicted octanol–water partition coefficient (Wildman–Crippen LogP) is 3.85. The highest BCUT2D eigenvalue weighted by molar-refractivity contribution is 7.80. The van der Waals surface area contributed by atoms with Gasteiger partial charge >= 0.3 is 0 Å². The minimum atomic E-state index is -0.314. The highest BCUT2D eigenvalue weighted by Crippen LogP contribution is 2.16. The van der Waals surface area contributed by atoms with E-state index in [0.29, 0.717) is 23.1 Å². The number of rotatable bonds is 7. The van der Waals surface area contributed by atoms with Crippen LogP contribution in [0.1, 0.15) is 27.9 Å². The van der Waals surface area contributed by atoms with E-state index < -0.39 is 0 Å². The molecule has 3 rings (SSSR count). The smallest absolute Gasteiger partial charge is 0.257 e. The van der Waals surface area contributed by atoms with Crippen LogP contribution in [0, 0.1) is 0 Å². The summed E-state index contributed by atoms with van der Waals surface area (Å²) in [5.41, 5.74) is 1.67. The second kappa shape index (κ2) is 9.91. The van der Waals surface area contributed by atoms with Crippen molar-refractivity contribution < 1.29 is 9.53 Å². The third kappa shape index (κ3) is 5.83. The lowest BCUT2D eigenvalue weighted by atomic mass is 10.2. The molecule has 0 atom stereocenters. The molecule has 0 aliphatic rings. The molecule has 144 valence electrons. The number of carbonyl (C=O) groups excluding carboxylic acids is 1. The summed E-state index contributed by atoms with van der Waals surface area (Å²) >= 11 is 6.58. The molecule has 2 N–H and O–H groups in total. The predicted molar refractivity (Wildman–Crippen MR) is 115 cm³/mol. The number of ether oxygens (including phenoxy) is 1. The Labute approximate surface area is 173 Å². The Kier molecular flexibility index (Phi) is 7.05. The second-order valence-electron chi connectivity index (χ2n) is 5.87. The van der Waals surface area contributed by atoms with Crippen LogP contribution in [0.25, 0.3) is 0 Å². The zero-order valence-electron chi connectivity index (χ0n) is 15.3. The lowest BCUT2D eigenvalue weighted by Gasteiger charge is -2.09. The molecule has 0 saturated heterocycles. The zero-order valence-corrected chi connectivity index (χ0v) is 17.0. The van der Waals surface area contributed by atoms with Crippen LogP contribution in [0.5, 0.6) is 5.75 Å². The number of amides is 1. The first-order chi connectivity index (χ1) is 13.6. The fourth-order valence-corrected chi connectivity index (χ4v) is 3.35. The number of nitrogens with zero attached hydrogens (tertiary/aromatic N) is 2. The molecule has 0 radical (unpaired) electrons. The van der Waals surface area contributed by atoms with Crippen LogP contribution >= 0.6 is 23.6 Å². The molecule has 3 aromatic rings. The maximum absolute atomic E-state index is 12.4. The average molecular weight is 413 g/mol. The van der Waals surface area contributed by atoms with E-state index >= 15 is 0 Å². The second-order valence-corrected chi connectivity index (χ2v) is 7.34. The summed E-state index contributed by atoms with van der Waals surface area (Å²) in [5.74, 6) is 0.324. The molecule has 0 aliphatic carbocycles. The van der Waals surface area contributed by atoms with Gasteiger partial charge in [0.2, 0.25) is 5.13 Å². The third-order valence-corrected chi connectivity index (χ3v) is 5.00. The first-order valence-corrected chi connectivity index (χ1v) is 10.1. The van der Waals surface area contributed by atoms with Crippen LogP contribution in [0.2, 0.25) is 0 Å². The van der Waals surface area contributed by atoms with E-state index in [0.717, 1.165) is 17.8 Å². The van der Waals surface area contributed by atoms with Crippen molar-refractivity contribution in [2.24, 2.45) is 0 Å². The van der Waals surface area contributed by atoms with Gasteiger partial charge < -0.3 is 10.1 Å². The quantitative estimate of drug-likeness (QED) is 0.574. The number of aryl methyl sites for hydroxylation is 1. The number of anilines is 1. The molecular weight excluding hydrogens is 392 g/mol. The van der Waals surface area contributed by atoms with E-state index in [1.54, 1.807) is 18.2 Å². The van der Waals surface area contributed by atoms with Gasteiger partial charge in [0, 0.05) is 12.0 Å². The van der Waals surface area contributed by atoms with E-state index in [-0.39, 0.29) is 11.0 Å². The fraction of sp³-hybridized carbons (Fsp3) is 0.200. The van der Waals surface area contributed by atoms with Crippen molar-refractivity contribution in [3.8, 4) is 5.75 Å². The van der Waals surface area contributed by atoms with E-state index in [4.69, 9.17) is 17.0 Å². The molecule has 0 aliphatic heterocycles. The number of hydrogen-bond donors (Lipinski definition) is 2. The molecular formula is C20H20N4O2S2. The van der Waals surface area contributed by atoms with Gasteiger partial charge in [0.25, 0.3) is 5.91 Å². The van der Waals surface area contributed by atoms with E-state index in [1.165, 1.54) is 16.9 Å². The molecule has 2 aromatic carbocycles. The largest absolute Gasteiger partial charge is 0.493 e. The molecule has 0 spiro atoms. The Hall–Kier alpha value is -2.84. The van der Waals surface area contributed by atoms with Gasteiger partial charge in [-0.25, -0.2) is 0 Å². The zero-order chi connectivity index (χ0) is 19.8. The summed E-state index contributed by atoms with van der Waals surface area (Å²) in [6.07, 6.45) is 1.60. The normalized spacial score (nSPS) is 10.3. The Balaban J connectivity index is 1.52. The van der Waals surface area contributed by atoms with Crippen molar-refractivity contribution in [2.75, 3.05) is 11.9 Å². The highest BCUT2D eigenvalue weighted by atomic mass is 32.1. The molecule has 6 nitrogen and oxygen atoms in total. The number of carbonyl (C=O) groups is 1. The molecule has 28 heavy (non-hydrogen) atoms. The van der Waals surface area contributed by atoms with E-state index in [9.17, 15) is 4.79 Å². The summed E-state index contributed by atoms with van der Waals surface area (Å²) < 4.78 is 5.77. The molecule has 0 bridgehead atoms. The van der Waals surface area contributed by atoms with Crippen LogP contribution in [-0.2, 0) is 12.8 Å². The minimum absolute atomic E-state index is 0.180. The molecule has 0 fully saturated rings. The minimum Gasteiger partial charge on any atom is -0.493 e. The number of benzene rings is 2. The first-order valence-electron chi connectivity index (χ1n) is 8.85. The Morgan fingerprint density at radius 1 is 1.14 bits per heavy atom. The lowest BCUT2D eigenvalue weighted by molar-refractivity contribution is 0.0977. The van der Waals surface area contributed by atoms with E-state index in [2.05, 4.69) is 33.0 Å². The molecule has 0 unspecified atom stereocenters. The number of nitrogens with one attached hydrogen (secondary N) is 2. The van der Waals surface area contributed by atoms with Gasteiger partial charge in [0.15, 0.2) is 5.11 Å². The molecule has 0 saturated carbocycles. The summed E-state index contributed by atoms with van der Waals surface area (Å²) in [7, 11) is 0. The van der Waals surface area contributed by atoms with E-state index in [1.807, 2.05) is 31.2 Å². The van der Waals surface area contributed by atoms with Crippen molar-refractivity contribution >= 4 is 39.7 Å². The molecule has 1 heterocycles. The van der Waals surface area contributed by atoms with Gasteiger partial charge in [-0.05, 0) is 42.4 Å². The van der Waals surface area contributed by atoms with Crippen molar-refractivity contribution in [1.82, 2.24) is 15.5 Å². The number of thiocarbonyl (C=S) groups is 1. The van der Waals surface area contributed by atoms with Crippen molar-refractivity contribution in [2.45, 2.75) is 19.8 Å². The lowest BCUT2D eigenvalue weighted by Crippen LogP contribution is -2.34. The van der Waals surface area contributed by atoms with Gasteiger partial charge in [-0.2, -0.15) is 0 Å². The number of hydrogen-bond acceptors (Lipinski definition) is 6. The Bertz CT molecular complexity index is 944. The Morgan fingerprint density at radius 3 is 2.71 bits per heavy atom. The third-order valence-electron chi connectivity index (χ3n) is 3.82. The summed E-state index contributed by atoms with van der Waals surface area (Å²) in [6, 6.07) is 17.1. The topological polar surface area (TPSA) is 76.1 Å². The van der Waals surface area contributed by atoms with Gasteiger partial charge in [-0.15, -0.1) is 10.2 Å². The van der Waals surface area contributed by atoms with Gasteiger partial charge in [-0.3, -0.25) is 10.1 Å². The molecule has 1 aromatic heterocycles. The van der Waals surface area contributed by atoms with Crippen LogP contribution in [-0.4, -0.2) is 27.8 Å². The maximum atomic E-state index is 12.4. The monoisotopic (exact) mass is 412 g/mol. The number of aromatic nitrogens is 2. The summed E-state index contributed by atoms with van der Waals surface area (Å²) in [5, 5.41) is 15.1. The summed E-state index contributed by atoms with van der Waals surface area (Å²) in [6.45, 7) is 2.53. The van der Waals surface area contributed by atoms with Crippen LogP contribution in [0.15, 0.2) is 54.6 Å². The van der Waals surface area contributed by atoms with Crippen molar-refractivity contribution in [3.63, 3.8) is 0 Å². The van der Waals surface area contributed by atoms with Crippen LogP contribution < -0.4 is 15.4 Å². The summed E-state index contributed by atoms with van der Waals surface area (Å²) in [4.78, 5) is 12.4. The van der Waals surface area contributed by atoms with Crippen LogP contribution in [0.3, 0.4) is 0 Å². The first kappa shape index (κ1) is 19.9. The van der Waals surface area contributed by atoms with Crippen LogP contribution in [0.4, 0.5) is 5.13 Å². The SMILES string of the molecule is CCc1nnc(NC(=S)NC(=O)c2cccc(OCCc3ccccc3)c2)s1. The van der Waals surface area contributed by atoms with Gasteiger partial charge in [0.1, 0.15) is 10.8 Å². The van der Waals surface area contributed by atoms with Gasteiger partial charge in [0.05, 0.1) is 6.61 Å². The highest BCUT2D eigenvalue weighted by Gasteiger charge is 2.11. The fourth-order valence-electron chi connectivity index (χ4n) is 2.41. The maximum Gasteiger partial charge on any atom is 0.257 e. The van der Waals surface area contributed by atoms with Crippen molar-refractivity contribution in [1.29, 1.82) is 0 Å². The Morgan fingerprint density at radius 2 is 1.96 bits per heavy atom. The molecule has 1 amide bonds. The van der Waals surface area contributed by atoms with Gasteiger partial charge in [-0.1, -0.05) is 54.7 Å². The average Bonchev–Trinajstić information content (AvgIpc) is 3.16. The molecule has 8 heteroatoms. The van der Waals surface area contributed by atoms with Crippen molar-refractivity contribution in [3.05, 3.63) is 70.7 Å². The standard InChI is InChI=1S/C20H20N4O2S2/c1-2-17-23-24-20(28-17)22-19(27)21-18(25)15-9-6-10-16(13-15)26-12-11-14-7-4-3-5-8-14/h3-10,13H,2,11-12H2,1H3,(H2,21,22,24,25,27).